The maximum Gasteiger partial charge on any atom is 0.255 e. The molecule has 1 N–H and O–H groups in total. The predicted octanol–water partition coefficient (Wildman–Crippen LogP) is 4.64. The lowest BCUT2D eigenvalue weighted by atomic mass is 10.2. The van der Waals surface area contributed by atoms with E-state index in [4.69, 9.17) is 0 Å². The molecule has 3 aromatic rings. The van der Waals surface area contributed by atoms with Crippen molar-refractivity contribution in [3.63, 3.8) is 0 Å². The van der Waals surface area contributed by atoms with Crippen LogP contribution in [-0.2, 0) is 0 Å². The summed E-state index contributed by atoms with van der Waals surface area (Å²) in [6.45, 7) is 3.87. The summed E-state index contributed by atoms with van der Waals surface area (Å²) >= 11 is 1.46. The topological polar surface area (TPSA) is 54.9 Å². The molecule has 1 amide bonds. The van der Waals surface area contributed by atoms with Gasteiger partial charge in [0.05, 0.1) is 0 Å². The zero-order valence-electron chi connectivity index (χ0n) is 13.8. The van der Waals surface area contributed by atoms with Gasteiger partial charge in [-0.3, -0.25) is 4.79 Å². The second kappa shape index (κ2) is 7.44. The number of carbonyl (C=O) groups is 1. The van der Waals surface area contributed by atoms with Crippen LogP contribution in [0.1, 0.15) is 21.7 Å². The first-order valence-electron chi connectivity index (χ1n) is 7.67. The Morgan fingerprint density at radius 3 is 2.16 bits per heavy atom. The molecule has 2 aromatic carbocycles. The molecule has 0 radical (unpaired) electrons. The summed E-state index contributed by atoms with van der Waals surface area (Å²) in [6.07, 6.45) is 0. The molecule has 1 aromatic heterocycles. The fourth-order valence-corrected chi connectivity index (χ4v) is 3.12. The Bertz CT molecular complexity index is 875. The van der Waals surface area contributed by atoms with E-state index in [2.05, 4.69) is 15.3 Å². The molecule has 0 aliphatic rings. The molecule has 126 valence electrons. The first kappa shape index (κ1) is 17.1. The minimum atomic E-state index is -0.369. The molecule has 0 saturated carbocycles. The van der Waals surface area contributed by atoms with Gasteiger partial charge in [-0.2, -0.15) is 0 Å². The number of benzene rings is 2. The van der Waals surface area contributed by atoms with Crippen molar-refractivity contribution in [2.75, 3.05) is 5.32 Å². The van der Waals surface area contributed by atoms with Crippen LogP contribution >= 0.6 is 11.8 Å². The highest BCUT2D eigenvalue weighted by Gasteiger charge is 2.07. The number of hydrogen-bond acceptors (Lipinski definition) is 4. The molecule has 6 heteroatoms. The number of nitrogens with one attached hydrogen (secondary N) is 1. The fourth-order valence-electron chi connectivity index (χ4n) is 2.26. The van der Waals surface area contributed by atoms with Crippen molar-refractivity contribution < 1.29 is 9.18 Å². The number of anilines is 1. The van der Waals surface area contributed by atoms with E-state index in [9.17, 15) is 9.18 Å². The first-order valence-corrected chi connectivity index (χ1v) is 8.48. The van der Waals surface area contributed by atoms with Gasteiger partial charge in [-0.1, -0.05) is 0 Å². The summed E-state index contributed by atoms with van der Waals surface area (Å²) in [5.74, 6) is -0.649. The standard InChI is InChI=1S/C19H16FN3OS/c1-12-11-13(2)22-19(21-12)25-17-9-7-16(8-10-17)23-18(24)14-3-5-15(20)6-4-14/h3-11H,1-2H3,(H,23,24). The summed E-state index contributed by atoms with van der Waals surface area (Å²) < 4.78 is 12.9. The van der Waals surface area contributed by atoms with Gasteiger partial charge < -0.3 is 5.32 Å². The van der Waals surface area contributed by atoms with Crippen molar-refractivity contribution in [1.29, 1.82) is 0 Å². The SMILES string of the molecule is Cc1cc(C)nc(Sc2ccc(NC(=O)c3ccc(F)cc3)cc2)n1. The molecule has 0 atom stereocenters. The van der Waals surface area contributed by atoms with E-state index in [1.807, 2.05) is 44.2 Å². The fraction of sp³-hybridized carbons (Fsp3) is 0.105. The van der Waals surface area contributed by atoms with Crippen LogP contribution in [0.2, 0.25) is 0 Å². The summed E-state index contributed by atoms with van der Waals surface area (Å²) in [5.41, 5.74) is 2.93. The third-order valence-corrected chi connectivity index (χ3v) is 4.26. The van der Waals surface area contributed by atoms with E-state index >= 15 is 0 Å². The highest BCUT2D eigenvalue weighted by Crippen LogP contribution is 2.26. The molecule has 25 heavy (non-hydrogen) atoms. The number of carbonyl (C=O) groups excluding carboxylic acids is 1. The average molecular weight is 353 g/mol. The van der Waals surface area contributed by atoms with E-state index in [-0.39, 0.29) is 11.7 Å². The summed E-state index contributed by atoms with van der Waals surface area (Å²) in [5, 5.41) is 3.48. The number of amides is 1. The van der Waals surface area contributed by atoms with Gasteiger partial charge in [-0.15, -0.1) is 0 Å². The molecule has 0 saturated heterocycles. The molecule has 4 nitrogen and oxygen atoms in total. The van der Waals surface area contributed by atoms with Crippen LogP contribution < -0.4 is 5.32 Å². The van der Waals surface area contributed by atoms with Gasteiger partial charge in [0.2, 0.25) is 0 Å². The van der Waals surface area contributed by atoms with Gasteiger partial charge >= 0.3 is 0 Å². The molecule has 0 bridgehead atoms. The van der Waals surface area contributed by atoms with Crippen molar-refractivity contribution in [3.8, 4) is 0 Å². The van der Waals surface area contributed by atoms with Crippen LogP contribution in [-0.4, -0.2) is 15.9 Å². The number of aryl methyl sites for hydroxylation is 2. The van der Waals surface area contributed by atoms with Crippen LogP contribution in [0.3, 0.4) is 0 Å². The van der Waals surface area contributed by atoms with E-state index in [0.717, 1.165) is 16.3 Å². The van der Waals surface area contributed by atoms with Crippen molar-refractivity contribution >= 4 is 23.4 Å². The van der Waals surface area contributed by atoms with Crippen molar-refractivity contribution in [3.05, 3.63) is 77.4 Å². The lowest BCUT2D eigenvalue weighted by molar-refractivity contribution is 0.102. The van der Waals surface area contributed by atoms with Gasteiger partial charge in [0, 0.05) is 27.5 Å². The van der Waals surface area contributed by atoms with Crippen LogP contribution in [0.15, 0.2) is 64.6 Å². The van der Waals surface area contributed by atoms with Gasteiger partial charge in [0.25, 0.3) is 5.91 Å². The largest absolute Gasteiger partial charge is 0.322 e. The molecule has 0 unspecified atom stereocenters. The van der Waals surface area contributed by atoms with Gasteiger partial charge in [0.15, 0.2) is 5.16 Å². The van der Waals surface area contributed by atoms with Gasteiger partial charge in [0.1, 0.15) is 5.82 Å². The Hall–Kier alpha value is -2.73. The molecule has 0 aliphatic carbocycles. The number of aromatic nitrogens is 2. The molecule has 1 heterocycles. The monoisotopic (exact) mass is 353 g/mol. The van der Waals surface area contributed by atoms with Crippen molar-refractivity contribution in [2.45, 2.75) is 23.9 Å². The summed E-state index contributed by atoms with van der Waals surface area (Å²) in [6, 6.07) is 14.8. The minimum Gasteiger partial charge on any atom is -0.322 e. The Morgan fingerprint density at radius 1 is 0.960 bits per heavy atom. The second-order valence-corrected chi connectivity index (χ2v) is 6.56. The molecular weight excluding hydrogens is 337 g/mol. The highest BCUT2D eigenvalue weighted by molar-refractivity contribution is 7.99. The summed E-state index contributed by atoms with van der Waals surface area (Å²) in [4.78, 5) is 21.9. The number of nitrogens with zero attached hydrogens (tertiary/aromatic N) is 2. The molecule has 0 spiro atoms. The first-order chi connectivity index (χ1) is 12.0. The Morgan fingerprint density at radius 2 is 1.56 bits per heavy atom. The number of halogens is 1. The second-order valence-electron chi connectivity index (χ2n) is 5.52. The zero-order valence-corrected chi connectivity index (χ0v) is 14.6. The van der Waals surface area contributed by atoms with E-state index in [1.165, 1.54) is 36.0 Å². The Labute approximate surface area is 149 Å². The quantitative estimate of drug-likeness (QED) is 0.695. The molecule has 0 aliphatic heterocycles. The lowest BCUT2D eigenvalue weighted by Gasteiger charge is -2.07. The maximum absolute atomic E-state index is 12.9. The number of rotatable bonds is 4. The maximum atomic E-state index is 12.9. The third kappa shape index (κ3) is 4.64. The molecular formula is C19H16FN3OS. The zero-order chi connectivity index (χ0) is 17.8. The van der Waals surface area contributed by atoms with Crippen LogP contribution in [0.4, 0.5) is 10.1 Å². The average Bonchev–Trinajstić information content (AvgIpc) is 2.56. The van der Waals surface area contributed by atoms with Gasteiger partial charge in [-0.25, -0.2) is 14.4 Å². The molecule has 0 fully saturated rings. The molecule has 3 rings (SSSR count). The minimum absolute atomic E-state index is 0.280. The number of hydrogen-bond donors (Lipinski definition) is 1. The Kier molecular flexibility index (Phi) is 5.09. The van der Waals surface area contributed by atoms with E-state index in [0.29, 0.717) is 16.4 Å². The highest BCUT2D eigenvalue weighted by atomic mass is 32.2. The normalized spacial score (nSPS) is 10.5. The predicted molar refractivity (Wildman–Crippen MR) is 96.4 cm³/mol. The van der Waals surface area contributed by atoms with Crippen molar-refractivity contribution in [1.82, 2.24) is 9.97 Å². The Balaban J connectivity index is 1.67. The lowest BCUT2D eigenvalue weighted by Crippen LogP contribution is -2.11. The third-order valence-electron chi connectivity index (χ3n) is 3.39. The smallest absolute Gasteiger partial charge is 0.255 e. The van der Waals surface area contributed by atoms with Gasteiger partial charge in [-0.05, 0) is 80.2 Å². The summed E-state index contributed by atoms with van der Waals surface area (Å²) in [7, 11) is 0. The van der Waals surface area contributed by atoms with Crippen LogP contribution in [0.25, 0.3) is 0 Å². The van der Waals surface area contributed by atoms with E-state index in [1.54, 1.807) is 0 Å². The van der Waals surface area contributed by atoms with Crippen LogP contribution in [0, 0.1) is 19.7 Å². The van der Waals surface area contributed by atoms with E-state index < -0.39 is 0 Å². The van der Waals surface area contributed by atoms with Crippen molar-refractivity contribution in [2.24, 2.45) is 0 Å². The van der Waals surface area contributed by atoms with Crippen LogP contribution in [0.5, 0.6) is 0 Å².